The molecule has 2 N–H and O–H groups in total. The van der Waals surface area contributed by atoms with E-state index in [0.717, 1.165) is 5.56 Å². The molecular weight excluding hydrogens is 338 g/mol. The van der Waals surface area contributed by atoms with Crippen LogP contribution in [-0.2, 0) is 4.79 Å². The van der Waals surface area contributed by atoms with Crippen LogP contribution in [-0.4, -0.2) is 50.8 Å². The first-order valence-corrected chi connectivity index (χ1v) is 8.09. The van der Waals surface area contributed by atoms with Gasteiger partial charge in [-0.25, -0.2) is 4.52 Å². The number of nitrogens with one attached hydrogen (secondary N) is 1. The van der Waals surface area contributed by atoms with Crippen molar-refractivity contribution in [2.75, 3.05) is 19.7 Å². The third-order valence-corrected chi connectivity index (χ3v) is 3.57. The Bertz CT molecular complexity index is 865. The van der Waals surface area contributed by atoms with Gasteiger partial charge in [0.05, 0.1) is 6.10 Å². The molecule has 0 unspecified atom stereocenters. The predicted octanol–water partition coefficient (Wildman–Crippen LogP) is 0.752. The highest BCUT2D eigenvalue weighted by Gasteiger charge is 2.09. The van der Waals surface area contributed by atoms with Crippen molar-refractivity contribution in [3.05, 3.63) is 48.2 Å². The Balaban J connectivity index is 1.39. The van der Waals surface area contributed by atoms with Gasteiger partial charge in [-0.05, 0) is 40.8 Å². The number of ether oxygens (including phenoxy) is 2. The highest BCUT2D eigenvalue weighted by molar-refractivity contribution is 5.69. The molecule has 0 bridgehead atoms. The minimum absolute atomic E-state index is 0.361. The number of pyridine rings is 1. The smallest absolute Gasteiger partial charge is 0.308 e. The van der Waals surface area contributed by atoms with Gasteiger partial charge in [0.1, 0.15) is 18.1 Å². The molecular formula is C17H19N5O4. The minimum atomic E-state index is -0.674. The van der Waals surface area contributed by atoms with Crippen LogP contribution in [0.15, 0.2) is 42.6 Å². The molecule has 1 aromatic carbocycles. The first-order valence-electron chi connectivity index (χ1n) is 8.09. The van der Waals surface area contributed by atoms with Gasteiger partial charge in [-0.1, -0.05) is 6.07 Å². The standard InChI is InChI=1S/C17H19N5O4/c1-12(23)26-15-5-3-14(4-6-15)25-9-8-18-10-16(24)13-2-7-17-19-20-21-22(17)11-13/h2-7,11,16,18,24H,8-10H2,1H3/t16-/m1/s1. The van der Waals surface area contributed by atoms with E-state index in [1.54, 1.807) is 42.6 Å². The van der Waals surface area contributed by atoms with Gasteiger partial charge in [-0.15, -0.1) is 5.10 Å². The zero-order valence-corrected chi connectivity index (χ0v) is 14.2. The molecule has 0 aliphatic heterocycles. The molecule has 0 radical (unpaired) electrons. The Morgan fingerprint density at radius 3 is 2.77 bits per heavy atom. The molecule has 1 atom stereocenters. The highest BCUT2D eigenvalue weighted by Crippen LogP contribution is 2.17. The first-order chi connectivity index (χ1) is 12.6. The fourth-order valence-corrected chi connectivity index (χ4v) is 2.32. The summed E-state index contributed by atoms with van der Waals surface area (Å²) < 4.78 is 12.1. The second-order valence-electron chi connectivity index (χ2n) is 5.58. The van der Waals surface area contributed by atoms with Crippen molar-refractivity contribution in [1.82, 2.24) is 25.4 Å². The second-order valence-corrected chi connectivity index (χ2v) is 5.58. The summed E-state index contributed by atoms with van der Waals surface area (Å²) in [6, 6.07) is 10.3. The Hall–Kier alpha value is -3.04. The van der Waals surface area contributed by atoms with Gasteiger partial charge in [-0.2, -0.15) is 0 Å². The minimum Gasteiger partial charge on any atom is -0.492 e. The number of hydrogen-bond donors (Lipinski definition) is 2. The Kier molecular flexibility index (Phi) is 5.72. The van der Waals surface area contributed by atoms with Gasteiger partial charge in [0.15, 0.2) is 5.65 Å². The Morgan fingerprint density at radius 2 is 2.00 bits per heavy atom. The van der Waals surface area contributed by atoms with Crippen LogP contribution in [0.2, 0.25) is 0 Å². The molecule has 0 aliphatic carbocycles. The number of carbonyl (C=O) groups excluding carboxylic acids is 1. The normalized spacial score (nSPS) is 12.1. The number of hydrogen-bond acceptors (Lipinski definition) is 8. The molecule has 2 heterocycles. The lowest BCUT2D eigenvalue weighted by atomic mass is 10.1. The number of nitrogens with zero attached hydrogens (tertiary/aromatic N) is 4. The Morgan fingerprint density at radius 1 is 1.23 bits per heavy atom. The van der Waals surface area contributed by atoms with Crippen LogP contribution in [0.25, 0.3) is 5.65 Å². The maximum Gasteiger partial charge on any atom is 0.308 e. The number of esters is 1. The van der Waals surface area contributed by atoms with E-state index in [-0.39, 0.29) is 5.97 Å². The summed E-state index contributed by atoms with van der Waals surface area (Å²) in [5, 5.41) is 24.5. The van der Waals surface area contributed by atoms with Crippen LogP contribution in [0.1, 0.15) is 18.6 Å². The lowest BCUT2D eigenvalue weighted by molar-refractivity contribution is -0.131. The number of aliphatic hydroxyl groups excluding tert-OH is 1. The maximum atomic E-state index is 10.9. The van der Waals surface area contributed by atoms with E-state index in [9.17, 15) is 9.90 Å². The SMILES string of the molecule is CC(=O)Oc1ccc(OCCNC[C@@H](O)c2ccc3nnnn3c2)cc1. The molecule has 0 saturated carbocycles. The van der Waals surface area contributed by atoms with Crippen molar-refractivity contribution in [1.29, 1.82) is 0 Å². The fourth-order valence-electron chi connectivity index (χ4n) is 2.32. The van der Waals surface area contributed by atoms with E-state index < -0.39 is 6.10 Å². The van der Waals surface area contributed by atoms with Crippen LogP contribution in [0.4, 0.5) is 0 Å². The number of fused-ring (bicyclic) bond motifs is 1. The van der Waals surface area contributed by atoms with Crippen molar-refractivity contribution < 1.29 is 19.4 Å². The van der Waals surface area contributed by atoms with Crippen molar-refractivity contribution in [2.24, 2.45) is 0 Å². The van der Waals surface area contributed by atoms with Crippen LogP contribution in [0.5, 0.6) is 11.5 Å². The average molecular weight is 357 g/mol. The molecule has 0 saturated heterocycles. The van der Waals surface area contributed by atoms with Crippen molar-refractivity contribution in [2.45, 2.75) is 13.0 Å². The molecule has 9 nitrogen and oxygen atoms in total. The first kappa shape index (κ1) is 17.8. The second kappa shape index (κ2) is 8.37. The number of carbonyl (C=O) groups is 1. The summed E-state index contributed by atoms with van der Waals surface area (Å²) in [6.45, 7) is 2.73. The predicted molar refractivity (Wildman–Crippen MR) is 91.9 cm³/mol. The molecule has 0 aliphatic rings. The third-order valence-electron chi connectivity index (χ3n) is 3.57. The van der Waals surface area contributed by atoms with Gasteiger partial charge in [0, 0.05) is 31.8 Å². The molecule has 9 heteroatoms. The van der Waals surface area contributed by atoms with Crippen LogP contribution in [0.3, 0.4) is 0 Å². The fraction of sp³-hybridized carbons (Fsp3) is 0.294. The molecule has 0 spiro atoms. The molecule has 0 amide bonds. The van der Waals surface area contributed by atoms with Crippen LogP contribution in [0, 0.1) is 0 Å². The quantitative estimate of drug-likeness (QED) is 0.345. The van der Waals surface area contributed by atoms with Crippen molar-refractivity contribution in [3.8, 4) is 11.5 Å². The summed E-state index contributed by atoms with van der Waals surface area (Å²) in [7, 11) is 0. The van der Waals surface area contributed by atoms with Gasteiger partial charge < -0.3 is 19.9 Å². The topological polar surface area (TPSA) is 111 Å². The lowest BCUT2D eigenvalue weighted by Gasteiger charge is -2.13. The van der Waals surface area contributed by atoms with Crippen molar-refractivity contribution >= 4 is 11.6 Å². The highest BCUT2D eigenvalue weighted by atomic mass is 16.5. The summed E-state index contributed by atoms with van der Waals surface area (Å²) in [5.41, 5.74) is 1.35. The summed E-state index contributed by atoms with van der Waals surface area (Å²) >= 11 is 0. The molecule has 3 aromatic rings. The van der Waals surface area contributed by atoms with Gasteiger partial charge in [0.2, 0.25) is 0 Å². The van der Waals surface area contributed by atoms with E-state index in [4.69, 9.17) is 9.47 Å². The number of aromatic nitrogens is 4. The van der Waals surface area contributed by atoms with E-state index in [0.29, 0.717) is 36.8 Å². The third kappa shape index (κ3) is 4.74. The Labute approximate surface area is 149 Å². The van der Waals surface area contributed by atoms with E-state index in [1.165, 1.54) is 11.4 Å². The molecule has 26 heavy (non-hydrogen) atoms. The van der Waals surface area contributed by atoms with E-state index in [2.05, 4.69) is 20.8 Å². The summed E-state index contributed by atoms with van der Waals surface area (Å²) in [5.74, 6) is 0.790. The van der Waals surface area contributed by atoms with Crippen LogP contribution >= 0.6 is 0 Å². The largest absolute Gasteiger partial charge is 0.492 e. The van der Waals surface area contributed by atoms with Gasteiger partial charge >= 0.3 is 5.97 Å². The van der Waals surface area contributed by atoms with Gasteiger partial charge in [-0.3, -0.25) is 4.79 Å². The van der Waals surface area contributed by atoms with E-state index in [1.807, 2.05) is 0 Å². The molecule has 2 aromatic heterocycles. The average Bonchev–Trinajstić information content (AvgIpc) is 3.10. The number of tetrazole rings is 1. The zero-order chi connectivity index (χ0) is 18.4. The monoisotopic (exact) mass is 357 g/mol. The van der Waals surface area contributed by atoms with Gasteiger partial charge in [0.25, 0.3) is 0 Å². The lowest BCUT2D eigenvalue weighted by Crippen LogP contribution is -2.26. The number of aliphatic hydroxyl groups is 1. The summed E-state index contributed by atoms with van der Waals surface area (Å²) in [6.07, 6.45) is 1.02. The maximum absolute atomic E-state index is 10.9. The molecule has 136 valence electrons. The zero-order valence-electron chi connectivity index (χ0n) is 14.2. The molecule has 3 rings (SSSR count). The van der Waals surface area contributed by atoms with Crippen molar-refractivity contribution in [3.63, 3.8) is 0 Å². The molecule has 0 fully saturated rings. The van der Waals surface area contributed by atoms with E-state index >= 15 is 0 Å². The number of rotatable bonds is 8. The van der Waals surface area contributed by atoms with Crippen LogP contribution < -0.4 is 14.8 Å². The number of benzene rings is 1. The summed E-state index contributed by atoms with van der Waals surface area (Å²) in [4.78, 5) is 10.9.